The van der Waals surface area contributed by atoms with E-state index < -0.39 is 0 Å². The summed E-state index contributed by atoms with van der Waals surface area (Å²) in [5.41, 5.74) is 8.51. The van der Waals surface area contributed by atoms with E-state index in [1.54, 1.807) is 14.2 Å². The molecule has 0 saturated carbocycles. The Morgan fingerprint density at radius 2 is 1.75 bits per heavy atom. The van der Waals surface area contributed by atoms with Crippen molar-refractivity contribution < 1.29 is 4.74 Å². The minimum Gasteiger partial charge on any atom is -0.388 e. The summed E-state index contributed by atoms with van der Waals surface area (Å²) in [5.74, 6) is 0. The maximum Gasteiger partial charge on any atom is 0.0879 e. The Kier molecular flexibility index (Phi) is 5.83. The van der Waals surface area contributed by atoms with Crippen molar-refractivity contribution in [1.82, 2.24) is 0 Å². The highest BCUT2D eigenvalue weighted by Crippen LogP contribution is 2.15. The van der Waals surface area contributed by atoms with Gasteiger partial charge in [-0.2, -0.15) is 5.11 Å². The largest absolute Gasteiger partial charge is 0.388 e. The van der Waals surface area contributed by atoms with E-state index in [0.717, 1.165) is 11.3 Å². The second-order valence-corrected chi connectivity index (χ2v) is 2.31. The molecule has 1 aromatic rings. The van der Waals surface area contributed by atoms with E-state index >= 15 is 0 Å². The lowest BCUT2D eigenvalue weighted by Gasteiger charge is -1.92. The fraction of sp³-hybridized carbons (Fsp3) is 0.333. The van der Waals surface area contributed by atoms with Crippen LogP contribution in [0.15, 0.2) is 29.4 Å². The summed E-state index contributed by atoms with van der Waals surface area (Å²) in [5, 5.41) is 3.32. The fourth-order valence-corrected chi connectivity index (χ4v) is 0.689. The predicted octanol–water partition coefficient (Wildman–Crippen LogP) is 2.92. The van der Waals surface area contributed by atoms with Crippen molar-refractivity contribution in [3.8, 4) is 0 Å². The zero-order valence-electron chi connectivity index (χ0n) is 7.66. The average molecular weight is 166 g/mol. The van der Waals surface area contributed by atoms with Crippen molar-refractivity contribution >= 4 is 5.69 Å². The van der Waals surface area contributed by atoms with Gasteiger partial charge in [0.2, 0.25) is 0 Å². The molecule has 0 aromatic heterocycles. The maximum absolute atomic E-state index is 6.71. The van der Waals surface area contributed by atoms with Crippen LogP contribution in [0.1, 0.15) is 5.56 Å². The third-order valence-electron chi connectivity index (χ3n) is 1.24. The van der Waals surface area contributed by atoms with Crippen molar-refractivity contribution in [2.75, 3.05) is 14.2 Å². The van der Waals surface area contributed by atoms with Gasteiger partial charge in [0.1, 0.15) is 0 Å². The van der Waals surface area contributed by atoms with Gasteiger partial charge in [0, 0.05) is 14.2 Å². The van der Waals surface area contributed by atoms with E-state index in [1.165, 1.54) is 0 Å². The first-order valence-corrected chi connectivity index (χ1v) is 3.59. The topological polar surface area (TPSA) is 45.4 Å². The molecule has 0 fully saturated rings. The fourth-order valence-electron chi connectivity index (χ4n) is 0.689. The van der Waals surface area contributed by atoms with Crippen LogP contribution in [-0.2, 0) is 4.74 Å². The molecule has 0 atom stereocenters. The van der Waals surface area contributed by atoms with Gasteiger partial charge in [-0.3, -0.25) is 0 Å². The van der Waals surface area contributed by atoms with Crippen molar-refractivity contribution in [3.63, 3.8) is 0 Å². The molecule has 0 saturated heterocycles. The standard InChI is InChI=1S/C7H8N2.C2H6O/c1-6-4-2-3-5-7(6)9-8;1-3-2/h2-5,8H,1H3;1-2H3. The smallest absolute Gasteiger partial charge is 0.0879 e. The second-order valence-electron chi connectivity index (χ2n) is 2.31. The quantitative estimate of drug-likeness (QED) is 0.640. The molecule has 0 unspecified atom stereocenters. The monoisotopic (exact) mass is 166 g/mol. The first kappa shape index (κ1) is 10.8. The van der Waals surface area contributed by atoms with Crippen molar-refractivity contribution in [2.45, 2.75) is 6.92 Å². The number of nitrogens with one attached hydrogen (secondary N) is 1. The lowest BCUT2D eigenvalue weighted by Crippen LogP contribution is -1.68. The SMILES string of the molecule is COC.Cc1ccccc1N=N. The van der Waals surface area contributed by atoms with Crippen molar-refractivity contribution in [1.29, 1.82) is 5.53 Å². The van der Waals surface area contributed by atoms with E-state index in [1.807, 2.05) is 31.2 Å². The normalized spacial score (nSPS) is 8.25. The molecule has 0 heterocycles. The third kappa shape index (κ3) is 3.83. The number of hydrogen-bond acceptors (Lipinski definition) is 3. The van der Waals surface area contributed by atoms with E-state index in [4.69, 9.17) is 5.53 Å². The Labute approximate surface area is 72.9 Å². The van der Waals surface area contributed by atoms with E-state index in [2.05, 4.69) is 9.85 Å². The average Bonchev–Trinajstić information content (AvgIpc) is 2.07. The molecule has 0 radical (unpaired) electrons. The predicted molar refractivity (Wildman–Crippen MR) is 48.9 cm³/mol. The van der Waals surface area contributed by atoms with Crippen LogP contribution in [0.3, 0.4) is 0 Å². The third-order valence-corrected chi connectivity index (χ3v) is 1.24. The van der Waals surface area contributed by atoms with E-state index in [9.17, 15) is 0 Å². The highest BCUT2D eigenvalue weighted by atomic mass is 16.4. The Balaban J connectivity index is 0.000000354. The summed E-state index contributed by atoms with van der Waals surface area (Å²) in [6.45, 7) is 1.94. The van der Waals surface area contributed by atoms with Gasteiger partial charge >= 0.3 is 0 Å². The van der Waals surface area contributed by atoms with E-state index in [0.29, 0.717) is 0 Å². The first-order valence-electron chi connectivity index (χ1n) is 3.59. The number of para-hydroxylation sites is 1. The minimum absolute atomic E-state index is 0.748. The molecule has 0 aliphatic carbocycles. The lowest BCUT2D eigenvalue weighted by molar-refractivity contribution is 0.277. The van der Waals surface area contributed by atoms with Crippen molar-refractivity contribution in [3.05, 3.63) is 29.8 Å². The number of ether oxygens (including phenoxy) is 1. The summed E-state index contributed by atoms with van der Waals surface area (Å²) in [6.07, 6.45) is 0. The molecule has 3 heteroatoms. The number of nitrogens with zero attached hydrogens (tertiary/aromatic N) is 1. The van der Waals surface area contributed by atoms with Gasteiger partial charge in [-0.1, -0.05) is 18.2 Å². The summed E-state index contributed by atoms with van der Waals surface area (Å²) < 4.78 is 4.25. The zero-order valence-corrected chi connectivity index (χ0v) is 7.66. The number of methoxy groups -OCH3 is 1. The molecule has 66 valence electrons. The van der Waals surface area contributed by atoms with Crippen LogP contribution in [-0.4, -0.2) is 14.2 Å². The molecule has 1 rings (SSSR count). The van der Waals surface area contributed by atoms with Crippen LogP contribution in [0.2, 0.25) is 0 Å². The van der Waals surface area contributed by atoms with Crippen LogP contribution >= 0.6 is 0 Å². The number of hydrogen-bond donors (Lipinski definition) is 1. The highest BCUT2D eigenvalue weighted by Gasteiger charge is 1.89. The number of rotatable bonds is 1. The molecule has 0 amide bonds. The van der Waals surface area contributed by atoms with Crippen molar-refractivity contribution in [2.24, 2.45) is 5.11 Å². The molecule has 0 spiro atoms. The highest BCUT2D eigenvalue weighted by molar-refractivity contribution is 5.43. The first-order chi connectivity index (χ1) is 5.76. The molecule has 1 aromatic carbocycles. The summed E-state index contributed by atoms with van der Waals surface area (Å²) in [4.78, 5) is 0. The molecule has 0 aliphatic rings. The second kappa shape index (κ2) is 6.49. The van der Waals surface area contributed by atoms with Gasteiger partial charge < -0.3 is 4.74 Å². The van der Waals surface area contributed by atoms with Gasteiger partial charge in [-0.05, 0) is 18.6 Å². The van der Waals surface area contributed by atoms with Crippen LogP contribution in [0.4, 0.5) is 5.69 Å². The molecule has 12 heavy (non-hydrogen) atoms. The van der Waals surface area contributed by atoms with Crippen LogP contribution < -0.4 is 0 Å². The van der Waals surface area contributed by atoms with Gasteiger partial charge in [-0.25, -0.2) is 5.53 Å². The van der Waals surface area contributed by atoms with Gasteiger partial charge in [0.15, 0.2) is 0 Å². The number of aryl methyl sites for hydroxylation is 1. The lowest BCUT2D eigenvalue weighted by atomic mass is 10.2. The van der Waals surface area contributed by atoms with Crippen LogP contribution in [0, 0.1) is 12.5 Å². The summed E-state index contributed by atoms with van der Waals surface area (Å²) in [7, 11) is 3.25. The maximum atomic E-state index is 6.71. The molecular formula is C9H14N2O. The molecular weight excluding hydrogens is 152 g/mol. The summed E-state index contributed by atoms with van der Waals surface area (Å²) in [6, 6.07) is 7.57. The number of benzene rings is 1. The van der Waals surface area contributed by atoms with E-state index in [-0.39, 0.29) is 0 Å². The Bertz CT molecular complexity index is 236. The molecule has 0 bridgehead atoms. The molecule has 0 aliphatic heterocycles. The zero-order chi connectivity index (χ0) is 9.40. The Hall–Kier alpha value is -1.22. The molecule has 3 nitrogen and oxygen atoms in total. The van der Waals surface area contributed by atoms with Gasteiger partial charge in [0.05, 0.1) is 5.69 Å². The van der Waals surface area contributed by atoms with Crippen LogP contribution in [0.25, 0.3) is 0 Å². The summed E-state index contributed by atoms with van der Waals surface area (Å²) >= 11 is 0. The van der Waals surface area contributed by atoms with Crippen LogP contribution in [0.5, 0.6) is 0 Å². The Morgan fingerprint density at radius 3 is 2.08 bits per heavy atom. The minimum atomic E-state index is 0.748. The van der Waals surface area contributed by atoms with Gasteiger partial charge in [-0.15, -0.1) is 0 Å². The molecule has 1 N–H and O–H groups in total. The van der Waals surface area contributed by atoms with Gasteiger partial charge in [0.25, 0.3) is 0 Å². The Morgan fingerprint density at radius 1 is 1.25 bits per heavy atom.